The van der Waals surface area contributed by atoms with Crippen molar-refractivity contribution in [3.63, 3.8) is 0 Å². The zero-order valence-corrected chi connectivity index (χ0v) is 66.4. The summed E-state index contributed by atoms with van der Waals surface area (Å²) < 4.78 is 6.64. The SMILES string of the molecule is C=C[SiH](Br)Br.C=C[SiH](C)Br.C=C[SiH](C)Cl.C=C[SiH](C)I.C=C[SiH](C)[n+]1ccc(N(C)C)cc1.C=C[SiH](C)[n+]1ccccc1.C=C[SiH](C)n1ccnc1.C=C[SiH](Cl)Br.C=C[SiH](Cl)Cl.C=C[SiH](Cl)I. The van der Waals surface area contributed by atoms with Crippen LogP contribution in [0.1, 0.15) is 0 Å². The molecule has 0 spiro atoms. The molecule has 380 valence electrons. The minimum absolute atomic E-state index is 0.416. The average molecular weight is 1670 g/mol. The summed E-state index contributed by atoms with van der Waals surface area (Å²) in [6.07, 6.45) is 13.7. The van der Waals surface area contributed by atoms with E-state index in [1.807, 2.05) is 85.6 Å². The smallest absolute Gasteiger partial charge is 0.370 e. The number of aromatic nitrogens is 4. The second kappa shape index (κ2) is 62.0. The molecule has 26 heteroatoms. The standard InChI is InChI=1S/C10H17N2Si.C8H12NSi.C6H10N2Si.C3H7BrSi.C3H7ClSi.C3H7ISi.C2H4Br2Si.C2H4BrClSi.C2H4Cl2Si.C2H4ClISi/c1-5-13(4)12-8-6-10(7-9-12)11(2)3;1-3-10(2)9-7-5-4-6-8-9;1-3-9(2)8-5-4-7-6-8;3*1-3-5(2)4;4*1-2-5(3)4/h5-9,13H,1H2,2-4H3;3-8,10H,1H2,2H3;3-6,9H,1H2,2H3;3*3,5H,1H2,2H3;4*2,5H,1H2/q2*+1;;;;;;;;. The Morgan fingerprint density at radius 1 is 0.597 bits per heavy atom. The zero-order chi connectivity index (χ0) is 53.9. The van der Waals surface area contributed by atoms with E-state index in [0.29, 0.717) is 0 Å². The molecule has 3 aromatic rings. The Morgan fingerprint density at radius 2 is 0.955 bits per heavy atom. The van der Waals surface area contributed by atoms with E-state index < -0.39 is 74.5 Å². The van der Waals surface area contributed by atoms with Gasteiger partial charge in [-0.05, 0) is 36.6 Å². The van der Waals surface area contributed by atoms with E-state index in [1.54, 1.807) is 17.6 Å². The van der Waals surface area contributed by atoms with Crippen molar-refractivity contribution >= 4 is 240 Å². The number of hydrogen-bond acceptors (Lipinski definition) is 2. The molecule has 3 heterocycles. The van der Waals surface area contributed by atoms with Gasteiger partial charge in [-0.25, -0.2) is 4.98 Å². The van der Waals surface area contributed by atoms with Crippen LogP contribution in [0, 0.1) is 0 Å². The van der Waals surface area contributed by atoms with Gasteiger partial charge < -0.3 is 9.13 Å². The number of hydrogen-bond donors (Lipinski definition) is 0. The van der Waals surface area contributed by atoms with Crippen molar-refractivity contribution in [1.82, 2.24) is 9.22 Å². The van der Waals surface area contributed by atoms with E-state index in [4.69, 9.17) is 55.4 Å². The lowest BCUT2D eigenvalue weighted by molar-refractivity contribution is -0.535. The average Bonchev–Trinajstić information content (AvgIpc) is 3.88. The van der Waals surface area contributed by atoms with Crippen molar-refractivity contribution < 1.29 is 8.47 Å². The maximum Gasteiger partial charge on any atom is 0.370 e. The zero-order valence-electron chi connectivity index (χ0n) is 40.4. The Balaban J connectivity index is -0.000000123. The van der Waals surface area contributed by atoms with Crippen molar-refractivity contribution in [2.24, 2.45) is 0 Å². The fourth-order valence-electron chi connectivity index (χ4n) is 2.56. The van der Waals surface area contributed by atoms with Crippen LogP contribution >= 0.6 is 160 Å². The van der Waals surface area contributed by atoms with E-state index in [9.17, 15) is 0 Å². The Morgan fingerprint density at radius 3 is 1.15 bits per heavy atom. The number of imidazole rings is 1. The van der Waals surface area contributed by atoms with E-state index in [1.165, 1.54) is 5.69 Å². The van der Waals surface area contributed by atoms with Gasteiger partial charge in [-0.15, -0.1) is 171 Å². The van der Waals surface area contributed by atoms with E-state index >= 15 is 0 Å². The molecule has 67 heavy (non-hydrogen) atoms. The molecule has 8 atom stereocenters. The van der Waals surface area contributed by atoms with Crippen molar-refractivity contribution in [3.8, 4) is 0 Å². The highest BCUT2D eigenvalue weighted by atomic mass is 127. The maximum absolute atomic E-state index is 5.48. The van der Waals surface area contributed by atoms with Crippen molar-refractivity contribution in [2.45, 2.75) is 39.3 Å². The Hall–Kier alpha value is 1.71. The molecule has 0 saturated carbocycles. The van der Waals surface area contributed by atoms with E-state index in [0.717, 1.165) is 0 Å². The van der Waals surface area contributed by atoms with Crippen LogP contribution < -0.4 is 13.4 Å². The van der Waals surface area contributed by atoms with E-state index in [2.05, 4.69) is 274 Å². The third-order valence-corrected chi connectivity index (χ3v) is 26.2. The fraction of sp³-hybridized carbons (Fsp3) is 0.195. The molecule has 3 rings (SSSR count). The monoisotopic (exact) mass is 1660 g/mol. The summed E-state index contributed by atoms with van der Waals surface area (Å²) >= 11 is 44.6. The first-order valence-corrected chi connectivity index (χ1v) is 65.1. The Labute approximate surface area is 505 Å². The molecule has 0 fully saturated rings. The maximum atomic E-state index is 5.48. The number of rotatable bonds is 14. The molecule has 0 bridgehead atoms. The number of nitrogens with zero attached hydrogens (tertiary/aromatic N) is 5. The van der Waals surface area contributed by atoms with Crippen LogP contribution in [0.5, 0.6) is 0 Å². The lowest BCUT2D eigenvalue weighted by Gasteiger charge is -2.11. The molecular formula is C41H76Br4Cl5I2N5Si10+2. The summed E-state index contributed by atoms with van der Waals surface area (Å²) in [5.41, 5.74) is 19.3. The minimum atomic E-state index is -1.44. The third-order valence-electron chi connectivity index (χ3n) is 6.74. The molecule has 0 aliphatic heterocycles. The summed E-state index contributed by atoms with van der Waals surface area (Å²) in [4.78, 5) is 6.04. The van der Waals surface area contributed by atoms with Crippen LogP contribution in [-0.4, -0.2) is 97.8 Å². The van der Waals surface area contributed by atoms with Gasteiger partial charge in [0.25, 0.3) is 7.42 Å². The lowest BCUT2D eigenvalue weighted by Crippen LogP contribution is -2.47. The highest BCUT2D eigenvalue weighted by Gasteiger charge is 2.11. The van der Waals surface area contributed by atoms with Crippen LogP contribution in [0.25, 0.3) is 0 Å². The number of halogens is 11. The van der Waals surface area contributed by atoms with Crippen molar-refractivity contribution in [1.29, 1.82) is 0 Å². The summed E-state index contributed by atoms with van der Waals surface area (Å²) in [5, 5.41) is 0. The van der Waals surface area contributed by atoms with Crippen LogP contribution in [0.15, 0.2) is 197 Å². The molecular weight excluding hydrogens is 1590 g/mol. The van der Waals surface area contributed by atoms with Gasteiger partial charge in [0.15, 0.2) is 17.1 Å². The predicted octanol–water partition coefficient (Wildman–Crippen LogP) is 13.2. The van der Waals surface area contributed by atoms with E-state index in [-0.39, 0.29) is 0 Å². The largest absolute Gasteiger partial charge is 0.377 e. The molecule has 0 saturated heterocycles. The fourth-order valence-corrected chi connectivity index (χ4v) is 5.38. The summed E-state index contributed by atoms with van der Waals surface area (Å²) in [5.74, 6) is 0. The van der Waals surface area contributed by atoms with Gasteiger partial charge in [-0.3, -0.25) is 8.47 Å². The topological polar surface area (TPSA) is 28.8 Å². The van der Waals surface area contributed by atoms with Gasteiger partial charge in [0.1, 0.15) is 38.5 Å². The molecule has 0 amide bonds. The van der Waals surface area contributed by atoms with Gasteiger partial charge in [0.2, 0.25) is 18.4 Å². The van der Waals surface area contributed by atoms with Gasteiger partial charge in [-0.1, -0.05) is 99.6 Å². The van der Waals surface area contributed by atoms with Crippen molar-refractivity contribution in [2.75, 3.05) is 19.0 Å². The molecule has 0 aliphatic carbocycles. The van der Waals surface area contributed by atoms with Crippen LogP contribution in [0.4, 0.5) is 5.69 Å². The highest BCUT2D eigenvalue weighted by Crippen LogP contribution is 2.06. The Bertz CT molecular complexity index is 1530. The van der Waals surface area contributed by atoms with Crippen LogP contribution in [0.3, 0.4) is 0 Å². The second-order valence-corrected chi connectivity index (χ2v) is 69.4. The minimum Gasteiger partial charge on any atom is -0.377 e. The van der Waals surface area contributed by atoms with Gasteiger partial charge in [-0.2, -0.15) is 33.2 Å². The summed E-state index contributed by atoms with van der Waals surface area (Å²) in [7, 11) is -1.49. The lowest BCUT2D eigenvalue weighted by atomic mass is 10.4. The molecule has 0 N–H and O–H groups in total. The molecule has 0 aliphatic rings. The van der Waals surface area contributed by atoms with Gasteiger partial charge in [0, 0.05) is 44.3 Å². The third kappa shape index (κ3) is 74.3. The van der Waals surface area contributed by atoms with Gasteiger partial charge >= 0.3 is 17.9 Å². The molecule has 3 aromatic heterocycles. The number of anilines is 1. The van der Waals surface area contributed by atoms with Gasteiger partial charge in [0.05, 0.1) is 6.33 Å². The summed E-state index contributed by atoms with van der Waals surface area (Å²) in [6, 6.07) is 9.63. The first kappa shape index (κ1) is 82.7. The molecule has 5 nitrogen and oxygen atoms in total. The number of pyridine rings is 2. The van der Waals surface area contributed by atoms with Crippen LogP contribution in [-0.2, 0) is 0 Å². The highest BCUT2D eigenvalue weighted by molar-refractivity contribution is 14.1. The summed E-state index contributed by atoms with van der Waals surface area (Å²) in [6.45, 7) is 47.8. The molecule has 0 radical (unpaired) electrons. The quantitative estimate of drug-likeness (QED) is 0.0914. The van der Waals surface area contributed by atoms with Crippen molar-refractivity contribution in [3.05, 3.63) is 197 Å². The normalized spacial score (nSPS) is 12.5. The molecule has 0 aromatic carbocycles. The first-order chi connectivity index (χ1) is 31.2. The second-order valence-electron chi connectivity index (χ2n) is 12.7. The predicted molar refractivity (Wildman–Crippen MR) is 378 cm³/mol. The van der Waals surface area contributed by atoms with Crippen LogP contribution in [0.2, 0.25) is 39.3 Å². The Kier molecular flexibility index (Phi) is 76.6. The molecule has 8 unspecified atom stereocenters. The first-order valence-electron chi connectivity index (χ1n) is 20.1.